The van der Waals surface area contributed by atoms with Gasteiger partial charge in [-0.05, 0) is 90.9 Å². The number of ether oxygens (including phenoxy) is 1. The molecule has 0 amide bonds. The fourth-order valence-corrected chi connectivity index (χ4v) is 7.50. The first-order valence-corrected chi connectivity index (χ1v) is 19.1. The molecule has 4 aromatic carbocycles. The quantitative estimate of drug-likeness (QED) is 0.0807. The first kappa shape index (κ1) is 38.3. The Morgan fingerprint density at radius 3 is 2.38 bits per heavy atom. The first-order valence-electron chi connectivity index (χ1n) is 19.1. The molecule has 3 heterocycles. The number of aryl methyl sites for hydroxylation is 2. The van der Waals surface area contributed by atoms with E-state index in [1.165, 1.54) is 55.0 Å². The third-order valence-electron chi connectivity index (χ3n) is 10.3. The normalized spacial score (nSPS) is 12.1. The minimum atomic E-state index is 0. The summed E-state index contributed by atoms with van der Waals surface area (Å²) in [4.78, 5) is 4.91. The summed E-state index contributed by atoms with van der Waals surface area (Å²) in [5.74, 6) is 3.37. The van der Waals surface area contributed by atoms with Crippen LogP contribution in [-0.2, 0) is 27.5 Å². The van der Waals surface area contributed by atoms with Gasteiger partial charge in [-0.15, -0.1) is 35.7 Å². The number of hydrogen-bond donors (Lipinski definition) is 0. The third kappa shape index (κ3) is 8.36. The Morgan fingerprint density at radius 1 is 0.774 bits per heavy atom. The number of aromatic nitrogens is 4. The maximum Gasteiger partial charge on any atom is 2.00 e. The number of benzene rings is 4. The Kier molecular flexibility index (Phi) is 12.4. The van der Waals surface area contributed by atoms with Crippen molar-refractivity contribution < 1.29 is 25.8 Å². The zero-order valence-electron chi connectivity index (χ0n) is 31.9. The van der Waals surface area contributed by atoms with Crippen LogP contribution in [0.5, 0.6) is 11.5 Å². The van der Waals surface area contributed by atoms with Gasteiger partial charge in [-0.25, -0.2) is 4.98 Å². The molecule has 1 unspecified atom stereocenters. The SMILES string of the molecule is CCCCCc1ccnc(-n2c3[c-]c(Oc4[c-]c(-n5nc(C)c(-c6ccccc6)c5C)ccc4)ccc3c3cc(C(C)CCCC(C)C)ccc32)c1.[Pt+2]. The number of unbranched alkanes of at least 4 members (excludes halogenated alkanes) is 2. The number of rotatable bonds is 14. The van der Waals surface area contributed by atoms with E-state index >= 15 is 0 Å². The molecule has 6 heteroatoms. The van der Waals surface area contributed by atoms with Gasteiger partial charge in [0.25, 0.3) is 0 Å². The largest absolute Gasteiger partial charge is 2.00 e. The summed E-state index contributed by atoms with van der Waals surface area (Å²) in [5.41, 5.74) is 9.94. The molecule has 1 atom stereocenters. The molecule has 7 rings (SSSR count). The van der Waals surface area contributed by atoms with Gasteiger partial charge in [0.05, 0.1) is 5.69 Å². The van der Waals surface area contributed by atoms with Crippen LogP contribution < -0.4 is 4.74 Å². The van der Waals surface area contributed by atoms with Crippen LogP contribution in [0.1, 0.15) is 94.7 Å². The van der Waals surface area contributed by atoms with E-state index in [0.29, 0.717) is 17.4 Å². The third-order valence-corrected chi connectivity index (χ3v) is 10.3. The summed E-state index contributed by atoms with van der Waals surface area (Å²) in [6.07, 6.45) is 10.3. The molecule has 274 valence electrons. The van der Waals surface area contributed by atoms with Crippen LogP contribution in [0.4, 0.5) is 0 Å². The first-order chi connectivity index (χ1) is 25.3. The van der Waals surface area contributed by atoms with E-state index in [-0.39, 0.29) is 21.1 Å². The van der Waals surface area contributed by atoms with Gasteiger partial charge < -0.3 is 9.30 Å². The molecule has 0 spiro atoms. The molecular weight excluding hydrogens is 832 g/mol. The molecule has 0 saturated carbocycles. The fourth-order valence-electron chi connectivity index (χ4n) is 7.50. The van der Waals surface area contributed by atoms with E-state index in [9.17, 15) is 0 Å². The molecule has 0 fully saturated rings. The number of pyridine rings is 1. The molecule has 0 aliphatic carbocycles. The fraction of sp³-hybridized carbons (Fsp3) is 0.319. The second-order valence-electron chi connectivity index (χ2n) is 14.7. The van der Waals surface area contributed by atoms with Crippen molar-refractivity contribution in [2.75, 3.05) is 0 Å². The molecule has 3 aromatic heterocycles. The number of nitrogens with zero attached hydrogens (tertiary/aromatic N) is 4. The van der Waals surface area contributed by atoms with Crippen LogP contribution in [-0.4, -0.2) is 19.3 Å². The van der Waals surface area contributed by atoms with Crippen LogP contribution in [0.15, 0.2) is 97.2 Å². The van der Waals surface area contributed by atoms with Crippen molar-refractivity contribution in [2.45, 2.75) is 92.4 Å². The minimum absolute atomic E-state index is 0. The second kappa shape index (κ2) is 17.1. The van der Waals surface area contributed by atoms with Gasteiger partial charge in [-0.2, -0.15) is 17.2 Å². The second-order valence-corrected chi connectivity index (χ2v) is 14.7. The molecule has 0 aliphatic heterocycles. The van der Waals surface area contributed by atoms with Crippen molar-refractivity contribution in [1.29, 1.82) is 0 Å². The molecule has 0 radical (unpaired) electrons. The summed E-state index contributed by atoms with van der Waals surface area (Å²) in [5, 5.41) is 7.26. The van der Waals surface area contributed by atoms with E-state index in [1.54, 1.807) is 0 Å². The molecule has 53 heavy (non-hydrogen) atoms. The Hall–Kier alpha value is -4.47. The van der Waals surface area contributed by atoms with Gasteiger partial charge in [0, 0.05) is 34.5 Å². The van der Waals surface area contributed by atoms with Gasteiger partial charge >= 0.3 is 21.1 Å². The number of hydrogen-bond acceptors (Lipinski definition) is 3. The molecule has 0 bridgehead atoms. The maximum atomic E-state index is 6.53. The Morgan fingerprint density at radius 2 is 1.58 bits per heavy atom. The van der Waals surface area contributed by atoms with E-state index in [4.69, 9.17) is 14.8 Å². The van der Waals surface area contributed by atoms with Crippen LogP contribution in [0.25, 0.3) is 44.4 Å². The Balaban J connectivity index is 0.00000481. The average molecular weight is 882 g/mol. The smallest absolute Gasteiger partial charge is 0.509 e. The molecule has 0 saturated heterocycles. The van der Waals surface area contributed by atoms with Crippen molar-refractivity contribution in [3.63, 3.8) is 0 Å². The zero-order chi connectivity index (χ0) is 36.2. The summed E-state index contributed by atoms with van der Waals surface area (Å²) >= 11 is 0. The van der Waals surface area contributed by atoms with Crippen molar-refractivity contribution in [1.82, 2.24) is 19.3 Å². The van der Waals surface area contributed by atoms with Crippen LogP contribution in [0, 0.1) is 31.9 Å². The van der Waals surface area contributed by atoms with Gasteiger partial charge in [0.15, 0.2) is 0 Å². The van der Waals surface area contributed by atoms with Crippen molar-refractivity contribution in [2.24, 2.45) is 5.92 Å². The summed E-state index contributed by atoms with van der Waals surface area (Å²) in [6.45, 7) is 13.4. The van der Waals surface area contributed by atoms with Crippen molar-refractivity contribution >= 4 is 21.8 Å². The standard InChI is InChI=1S/C47H50N4O.Pt/c1-7-8-10-17-36-26-27-48-46(28-36)50-44-25-22-38(33(4)16-13-15-32(2)3)29-43(44)42-24-23-41(31-45(42)50)52-40-21-14-20-39(30-40)51-35(6)47(34(5)49-51)37-18-11-9-12-19-37;/h9,11-12,14,18-29,32-33H,7-8,10,13,15-17H2,1-6H3;/q-2;+2. The summed E-state index contributed by atoms with van der Waals surface area (Å²) in [6, 6.07) is 39.1. The molecule has 7 aromatic rings. The summed E-state index contributed by atoms with van der Waals surface area (Å²) in [7, 11) is 0. The predicted octanol–water partition coefficient (Wildman–Crippen LogP) is 12.7. The molecule has 5 nitrogen and oxygen atoms in total. The predicted molar refractivity (Wildman–Crippen MR) is 215 cm³/mol. The van der Waals surface area contributed by atoms with E-state index in [0.717, 1.165) is 62.8 Å². The molecular formula is C47H50N4OPt. The minimum Gasteiger partial charge on any atom is -0.509 e. The van der Waals surface area contributed by atoms with Gasteiger partial charge in [-0.1, -0.05) is 101 Å². The van der Waals surface area contributed by atoms with E-state index in [2.05, 4.69) is 119 Å². The van der Waals surface area contributed by atoms with Gasteiger partial charge in [0.2, 0.25) is 0 Å². The van der Waals surface area contributed by atoms with Gasteiger partial charge in [-0.3, -0.25) is 4.68 Å². The van der Waals surface area contributed by atoms with Gasteiger partial charge in [0.1, 0.15) is 5.82 Å². The van der Waals surface area contributed by atoms with E-state index in [1.807, 2.05) is 41.2 Å². The summed E-state index contributed by atoms with van der Waals surface area (Å²) < 4.78 is 10.7. The average Bonchev–Trinajstić information content (AvgIpc) is 3.64. The van der Waals surface area contributed by atoms with Crippen molar-refractivity contribution in [3.8, 4) is 34.1 Å². The van der Waals surface area contributed by atoms with E-state index < -0.39 is 0 Å². The zero-order valence-corrected chi connectivity index (χ0v) is 34.1. The molecule has 0 N–H and O–H groups in total. The Labute approximate surface area is 329 Å². The maximum absolute atomic E-state index is 6.53. The van der Waals surface area contributed by atoms with Crippen molar-refractivity contribution in [3.05, 3.63) is 132 Å². The Bertz CT molecular complexity index is 2300. The molecule has 0 aliphatic rings. The van der Waals surface area contributed by atoms with Crippen LogP contribution in [0.3, 0.4) is 0 Å². The monoisotopic (exact) mass is 881 g/mol. The van der Waals surface area contributed by atoms with Crippen LogP contribution in [0.2, 0.25) is 0 Å². The number of fused-ring (bicyclic) bond motifs is 3. The topological polar surface area (TPSA) is 44.9 Å². The van der Waals surface area contributed by atoms with Crippen LogP contribution >= 0.6 is 0 Å².